The van der Waals surface area contributed by atoms with Crippen LogP contribution in [0.15, 0.2) is 53.2 Å². The number of H-pyrrole nitrogens is 1. The highest BCUT2D eigenvalue weighted by Gasteiger charge is 2.22. The highest BCUT2D eigenvalue weighted by Crippen LogP contribution is 2.42. The normalized spacial score (nSPS) is 14.5. The molecule has 4 aromatic heterocycles. The summed E-state index contributed by atoms with van der Waals surface area (Å²) in [5.41, 5.74) is 7.28. The maximum absolute atomic E-state index is 5.90. The Bertz CT molecular complexity index is 1840. The van der Waals surface area contributed by atoms with E-state index in [2.05, 4.69) is 38.2 Å². The van der Waals surface area contributed by atoms with E-state index in [1.165, 1.54) is 0 Å². The summed E-state index contributed by atoms with van der Waals surface area (Å²) < 4.78 is 16.9. The zero-order chi connectivity index (χ0) is 27.2. The number of benzene rings is 2. The molecule has 1 fully saturated rings. The Hall–Kier alpha value is -4.34. The molecule has 6 aromatic rings. The van der Waals surface area contributed by atoms with Crippen molar-refractivity contribution in [2.45, 2.75) is 20.3 Å². The molecule has 0 unspecified atom stereocenters. The standard InChI is InChI=1S/C31H30N6O3/c1-18-28(19(2)40-36-18)23-16-25-22(17-26(23)38-3)29-30(21-8-10-32-24-7-5-4-6-20(21)24)34-27(35-31(29)33-25)9-11-37-12-14-39-15-13-37/h4-8,10,16-17H,9,11-15H2,1-3H3,(H,33,34,35). The molecule has 9 nitrogen and oxygen atoms in total. The van der Waals surface area contributed by atoms with Gasteiger partial charge in [0, 0.05) is 59.7 Å². The van der Waals surface area contributed by atoms with Crippen LogP contribution in [-0.4, -0.2) is 70.0 Å². The fourth-order valence-electron chi connectivity index (χ4n) is 5.79. The summed E-state index contributed by atoms with van der Waals surface area (Å²) in [6.07, 6.45) is 2.60. The van der Waals surface area contributed by atoms with Crippen molar-refractivity contribution in [2.24, 2.45) is 0 Å². The SMILES string of the molecule is COc1cc2c(cc1-c1c(C)noc1C)[nH]c1nc(CCN3CCOCC3)nc(-c3ccnc4ccccc34)c12. The Morgan fingerprint density at radius 3 is 2.65 bits per heavy atom. The van der Waals surface area contributed by atoms with Gasteiger partial charge in [-0.3, -0.25) is 9.88 Å². The predicted octanol–water partition coefficient (Wildman–Crippen LogP) is 5.48. The fourth-order valence-corrected chi connectivity index (χ4v) is 5.79. The monoisotopic (exact) mass is 534 g/mol. The smallest absolute Gasteiger partial charge is 0.142 e. The Morgan fingerprint density at radius 2 is 1.85 bits per heavy atom. The summed E-state index contributed by atoms with van der Waals surface area (Å²) in [5, 5.41) is 7.18. The number of rotatable bonds is 6. The third kappa shape index (κ3) is 4.18. The number of ether oxygens (including phenoxy) is 2. The number of morpholine rings is 1. The minimum absolute atomic E-state index is 0.740. The molecular formula is C31H30N6O3. The lowest BCUT2D eigenvalue weighted by Crippen LogP contribution is -2.37. The first-order valence-electron chi connectivity index (χ1n) is 13.6. The zero-order valence-corrected chi connectivity index (χ0v) is 22.8. The van der Waals surface area contributed by atoms with Crippen molar-refractivity contribution in [3.63, 3.8) is 0 Å². The van der Waals surface area contributed by atoms with Crippen molar-refractivity contribution < 1.29 is 14.0 Å². The van der Waals surface area contributed by atoms with Gasteiger partial charge in [-0.2, -0.15) is 0 Å². The topological polar surface area (TPSA) is 102 Å². The van der Waals surface area contributed by atoms with Gasteiger partial charge in [-0.25, -0.2) is 9.97 Å². The molecule has 1 aliphatic heterocycles. The van der Waals surface area contributed by atoms with Gasteiger partial charge in [0.1, 0.15) is 23.0 Å². The van der Waals surface area contributed by atoms with E-state index >= 15 is 0 Å². The van der Waals surface area contributed by atoms with E-state index in [1.54, 1.807) is 7.11 Å². The number of fused-ring (bicyclic) bond motifs is 4. The van der Waals surface area contributed by atoms with Gasteiger partial charge in [-0.05, 0) is 38.1 Å². The van der Waals surface area contributed by atoms with E-state index < -0.39 is 0 Å². The van der Waals surface area contributed by atoms with Crippen LogP contribution in [0.5, 0.6) is 5.75 Å². The number of nitrogens with one attached hydrogen (secondary N) is 1. The molecule has 1 saturated heterocycles. The lowest BCUT2D eigenvalue weighted by molar-refractivity contribution is 0.0382. The third-order valence-corrected chi connectivity index (χ3v) is 7.78. The number of hydrogen-bond donors (Lipinski definition) is 1. The molecular weight excluding hydrogens is 504 g/mol. The molecule has 0 amide bonds. The molecule has 202 valence electrons. The first kappa shape index (κ1) is 24.7. The Balaban J connectivity index is 1.46. The molecule has 0 atom stereocenters. The molecule has 2 aromatic carbocycles. The van der Waals surface area contributed by atoms with E-state index in [9.17, 15) is 0 Å². The van der Waals surface area contributed by atoms with Gasteiger partial charge in [-0.1, -0.05) is 23.4 Å². The van der Waals surface area contributed by atoms with Gasteiger partial charge in [-0.15, -0.1) is 0 Å². The van der Waals surface area contributed by atoms with Crippen LogP contribution < -0.4 is 4.74 Å². The summed E-state index contributed by atoms with van der Waals surface area (Å²) in [4.78, 5) is 20.8. The number of aromatic amines is 1. The predicted molar refractivity (Wildman–Crippen MR) is 155 cm³/mol. The highest BCUT2D eigenvalue weighted by atomic mass is 16.5. The van der Waals surface area contributed by atoms with E-state index in [4.69, 9.17) is 24.0 Å². The van der Waals surface area contributed by atoms with Gasteiger partial charge >= 0.3 is 0 Å². The average molecular weight is 535 g/mol. The molecule has 5 heterocycles. The number of aryl methyl sites for hydroxylation is 2. The van der Waals surface area contributed by atoms with Crippen LogP contribution in [0.25, 0.3) is 55.2 Å². The van der Waals surface area contributed by atoms with Crippen LogP contribution in [0.3, 0.4) is 0 Å². The highest BCUT2D eigenvalue weighted by molar-refractivity contribution is 6.15. The molecule has 0 spiro atoms. The van der Waals surface area contributed by atoms with Gasteiger partial charge in [0.15, 0.2) is 0 Å². The van der Waals surface area contributed by atoms with Crippen LogP contribution in [-0.2, 0) is 11.2 Å². The number of pyridine rings is 1. The van der Waals surface area contributed by atoms with Crippen molar-refractivity contribution in [3.05, 3.63) is 65.9 Å². The van der Waals surface area contributed by atoms with Crippen molar-refractivity contribution in [1.29, 1.82) is 0 Å². The fraction of sp³-hybridized carbons (Fsp3) is 0.290. The minimum Gasteiger partial charge on any atom is -0.496 e. The van der Waals surface area contributed by atoms with E-state index in [0.29, 0.717) is 0 Å². The molecule has 7 rings (SSSR count). The second kappa shape index (κ2) is 10.0. The lowest BCUT2D eigenvalue weighted by atomic mass is 9.99. The van der Waals surface area contributed by atoms with Crippen molar-refractivity contribution in [3.8, 4) is 28.1 Å². The minimum atomic E-state index is 0.740. The van der Waals surface area contributed by atoms with Crippen LogP contribution in [0.1, 0.15) is 17.3 Å². The van der Waals surface area contributed by atoms with Gasteiger partial charge < -0.3 is 19.0 Å². The number of para-hydroxylation sites is 1. The van der Waals surface area contributed by atoms with E-state index in [1.807, 2.05) is 44.3 Å². The van der Waals surface area contributed by atoms with Gasteiger partial charge in [0.2, 0.25) is 0 Å². The molecule has 0 bridgehead atoms. The van der Waals surface area contributed by atoms with Crippen molar-refractivity contribution in [1.82, 2.24) is 30.0 Å². The molecule has 1 N–H and O–H groups in total. The summed E-state index contributed by atoms with van der Waals surface area (Å²) in [5.74, 6) is 2.30. The largest absolute Gasteiger partial charge is 0.496 e. The first-order chi connectivity index (χ1) is 19.6. The summed E-state index contributed by atoms with van der Waals surface area (Å²) in [7, 11) is 1.69. The van der Waals surface area contributed by atoms with Crippen LogP contribution in [0, 0.1) is 13.8 Å². The molecule has 0 aliphatic carbocycles. The molecule has 0 saturated carbocycles. The summed E-state index contributed by atoms with van der Waals surface area (Å²) in [6, 6.07) is 14.4. The number of hydrogen-bond acceptors (Lipinski definition) is 8. The maximum atomic E-state index is 5.90. The molecule has 1 aliphatic rings. The van der Waals surface area contributed by atoms with E-state index in [0.717, 1.165) is 118 Å². The van der Waals surface area contributed by atoms with E-state index in [-0.39, 0.29) is 0 Å². The second-order valence-corrected chi connectivity index (χ2v) is 10.2. The van der Waals surface area contributed by atoms with Crippen molar-refractivity contribution in [2.75, 3.05) is 40.0 Å². The first-order valence-corrected chi connectivity index (χ1v) is 13.6. The third-order valence-electron chi connectivity index (χ3n) is 7.78. The summed E-state index contributed by atoms with van der Waals surface area (Å²) in [6.45, 7) is 8.15. The zero-order valence-electron chi connectivity index (χ0n) is 22.8. The average Bonchev–Trinajstić information content (AvgIpc) is 3.52. The van der Waals surface area contributed by atoms with Crippen LogP contribution >= 0.6 is 0 Å². The van der Waals surface area contributed by atoms with Gasteiger partial charge in [0.25, 0.3) is 0 Å². The molecule has 40 heavy (non-hydrogen) atoms. The van der Waals surface area contributed by atoms with Crippen molar-refractivity contribution >= 4 is 32.8 Å². The van der Waals surface area contributed by atoms with Crippen LogP contribution in [0.2, 0.25) is 0 Å². The van der Waals surface area contributed by atoms with Gasteiger partial charge in [0.05, 0.1) is 48.2 Å². The maximum Gasteiger partial charge on any atom is 0.142 e. The Morgan fingerprint density at radius 1 is 1.00 bits per heavy atom. The molecule has 0 radical (unpaired) electrons. The number of aromatic nitrogens is 5. The lowest BCUT2D eigenvalue weighted by Gasteiger charge is -2.26. The van der Waals surface area contributed by atoms with Crippen LogP contribution in [0.4, 0.5) is 0 Å². The molecule has 9 heteroatoms. The Kier molecular flexibility index (Phi) is 6.17. The Labute approximate surface area is 231 Å². The quantitative estimate of drug-likeness (QED) is 0.300. The number of methoxy groups -OCH3 is 1. The second-order valence-electron chi connectivity index (χ2n) is 10.2. The number of nitrogens with zero attached hydrogens (tertiary/aromatic N) is 5. The summed E-state index contributed by atoms with van der Waals surface area (Å²) >= 11 is 0.